The fourth-order valence-electron chi connectivity index (χ4n) is 2.74. The van der Waals surface area contributed by atoms with E-state index >= 15 is 0 Å². The fraction of sp³-hybridized carbons (Fsp3) is 0.200. The van der Waals surface area contributed by atoms with Crippen molar-refractivity contribution in [1.29, 1.82) is 0 Å². The van der Waals surface area contributed by atoms with E-state index in [4.69, 9.17) is 9.47 Å². The monoisotopic (exact) mass is 321 g/mol. The number of rotatable bonds is 5. The number of methoxy groups -OCH3 is 1. The van der Waals surface area contributed by atoms with Crippen LogP contribution in [0, 0.1) is 0 Å². The van der Waals surface area contributed by atoms with Crippen LogP contribution >= 0.6 is 0 Å². The molecule has 1 heterocycles. The molecule has 0 aromatic heterocycles. The zero-order valence-electron chi connectivity index (χ0n) is 13.7. The Morgan fingerprint density at radius 3 is 2.50 bits per heavy atom. The molecule has 1 aliphatic rings. The summed E-state index contributed by atoms with van der Waals surface area (Å²) >= 11 is 0. The lowest BCUT2D eigenvalue weighted by Gasteiger charge is -2.24. The highest BCUT2D eigenvalue weighted by Crippen LogP contribution is 2.36. The second-order valence-electron chi connectivity index (χ2n) is 5.59. The molecule has 1 aliphatic heterocycles. The molecule has 122 valence electrons. The van der Waals surface area contributed by atoms with Gasteiger partial charge < -0.3 is 9.47 Å². The standard InChI is InChI=1S/C20H19NO3/c1-15-19(22)24-20(21-15,17-11-4-3-5-12-17)14-8-10-16-9-6-7-13-18(16)23-2/h3-13H,14H2,1-2H3/b10-8+. The van der Waals surface area contributed by atoms with Crippen LogP contribution in [-0.4, -0.2) is 18.8 Å². The van der Waals surface area contributed by atoms with Gasteiger partial charge in [0.25, 0.3) is 0 Å². The van der Waals surface area contributed by atoms with Gasteiger partial charge in [-0.15, -0.1) is 0 Å². The Kier molecular flexibility index (Phi) is 4.47. The molecule has 4 heteroatoms. The third-order valence-corrected chi connectivity index (χ3v) is 3.96. The van der Waals surface area contributed by atoms with Crippen LogP contribution in [0.4, 0.5) is 0 Å². The number of benzene rings is 2. The van der Waals surface area contributed by atoms with Gasteiger partial charge in [-0.05, 0) is 13.0 Å². The highest BCUT2D eigenvalue weighted by molar-refractivity contribution is 6.36. The number of ether oxygens (including phenoxy) is 2. The lowest BCUT2D eigenvalue weighted by Crippen LogP contribution is -2.24. The number of esters is 1. The maximum absolute atomic E-state index is 11.9. The Morgan fingerprint density at radius 2 is 1.83 bits per heavy atom. The zero-order chi connectivity index (χ0) is 17.0. The second-order valence-corrected chi connectivity index (χ2v) is 5.59. The number of para-hydroxylation sites is 1. The number of aliphatic imine (C=N–C) groups is 1. The minimum atomic E-state index is -0.985. The number of cyclic esters (lactones) is 1. The summed E-state index contributed by atoms with van der Waals surface area (Å²) in [5, 5.41) is 0. The quantitative estimate of drug-likeness (QED) is 0.783. The topological polar surface area (TPSA) is 47.9 Å². The maximum Gasteiger partial charge on any atom is 0.354 e. The van der Waals surface area contributed by atoms with E-state index in [9.17, 15) is 4.79 Å². The zero-order valence-corrected chi connectivity index (χ0v) is 13.7. The molecule has 3 rings (SSSR count). The van der Waals surface area contributed by atoms with Crippen molar-refractivity contribution >= 4 is 17.8 Å². The van der Waals surface area contributed by atoms with Crippen molar-refractivity contribution in [2.24, 2.45) is 4.99 Å². The van der Waals surface area contributed by atoms with E-state index in [2.05, 4.69) is 4.99 Å². The van der Waals surface area contributed by atoms with Crippen LogP contribution in [-0.2, 0) is 15.3 Å². The van der Waals surface area contributed by atoms with Crippen LogP contribution in [0.5, 0.6) is 5.75 Å². The molecule has 0 N–H and O–H groups in total. The summed E-state index contributed by atoms with van der Waals surface area (Å²) in [6, 6.07) is 17.4. The Bertz CT molecular complexity index is 796. The van der Waals surface area contributed by atoms with Gasteiger partial charge in [-0.3, -0.25) is 0 Å². The van der Waals surface area contributed by atoms with Crippen molar-refractivity contribution in [3.05, 3.63) is 71.8 Å². The van der Waals surface area contributed by atoms with Gasteiger partial charge in [0.05, 0.1) is 7.11 Å². The number of carbonyl (C=O) groups is 1. The first-order valence-corrected chi connectivity index (χ1v) is 7.79. The third-order valence-electron chi connectivity index (χ3n) is 3.96. The lowest BCUT2D eigenvalue weighted by atomic mass is 9.99. The van der Waals surface area contributed by atoms with Crippen molar-refractivity contribution in [2.45, 2.75) is 19.1 Å². The first-order valence-electron chi connectivity index (χ1n) is 7.79. The highest BCUT2D eigenvalue weighted by atomic mass is 16.6. The number of hydrogen-bond acceptors (Lipinski definition) is 4. The van der Waals surface area contributed by atoms with Crippen LogP contribution in [0.15, 0.2) is 65.7 Å². The third kappa shape index (κ3) is 3.08. The van der Waals surface area contributed by atoms with Gasteiger partial charge in [-0.25, -0.2) is 9.79 Å². The minimum absolute atomic E-state index is 0.371. The molecular weight excluding hydrogens is 302 g/mol. The van der Waals surface area contributed by atoms with E-state index in [-0.39, 0.29) is 5.97 Å². The molecule has 2 aromatic rings. The van der Waals surface area contributed by atoms with E-state index in [1.165, 1.54) is 0 Å². The molecular formula is C20H19NO3. The Balaban J connectivity index is 1.89. The Morgan fingerprint density at radius 1 is 1.12 bits per heavy atom. The van der Waals surface area contributed by atoms with Gasteiger partial charge in [0.1, 0.15) is 11.5 Å². The summed E-state index contributed by atoms with van der Waals surface area (Å²) < 4.78 is 11.0. The maximum atomic E-state index is 11.9. The second kappa shape index (κ2) is 6.71. The summed E-state index contributed by atoms with van der Waals surface area (Å²) in [5.41, 5.74) is 1.23. The normalized spacial score (nSPS) is 20.1. The molecule has 1 atom stereocenters. The Hall–Kier alpha value is -2.88. The first kappa shape index (κ1) is 16.0. The SMILES string of the molecule is COc1ccccc1/C=C/CC1(c2ccccc2)N=C(C)C(=O)O1. The smallest absolute Gasteiger partial charge is 0.354 e. The van der Waals surface area contributed by atoms with Gasteiger partial charge in [0, 0.05) is 17.5 Å². The van der Waals surface area contributed by atoms with Crippen molar-refractivity contribution in [1.82, 2.24) is 0 Å². The van der Waals surface area contributed by atoms with Crippen molar-refractivity contribution in [3.63, 3.8) is 0 Å². The number of nitrogens with zero attached hydrogens (tertiary/aromatic N) is 1. The van der Waals surface area contributed by atoms with Gasteiger partial charge in [0.15, 0.2) is 0 Å². The summed E-state index contributed by atoms with van der Waals surface area (Å²) in [7, 11) is 1.64. The van der Waals surface area contributed by atoms with Gasteiger partial charge >= 0.3 is 5.97 Å². The average molecular weight is 321 g/mol. The Labute approximate surface area is 141 Å². The fourth-order valence-corrected chi connectivity index (χ4v) is 2.74. The largest absolute Gasteiger partial charge is 0.496 e. The summed E-state index contributed by atoms with van der Waals surface area (Å²) in [5.74, 6) is 0.426. The van der Waals surface area contributed by atoms with Crippen molar-refractivity contribution < 1.29 is 14.3 Å². The molecule has 0 amide bonds. The molecule has 0 bridgehead atoms. The van der Waals surface area contributed by atoms with Crippen LogP contribution in [0.25, 0.3) is 6.08 Å². The first-order chi connectivity index (χ1) is 11.6. The van der Waals surface area contributed by atoms with E-state index in [0.717, 1.165) is 16.9 Å². The highest BCUT2D eigenvalue weighted by Gasteiger charge is 2.41. The van der Waals surface area contributed by atoms with Crippen molar-refractivity contribution in [3.8, 4) is 5.75 Å². The minimum Gasteiger partial charge on any atom is -0.496 e. The molecule has 0 spiro atoms. The van der Waals surface area contributed by atoms with Gasteiger partial charge in [0.2, 0.25) is 5.72 Å². The van der Waals surface area contributed by atoms with Gasteiger partial charge in [-0.2, -0.15) is 0 Å². The molecule has 0 aliphatic carbocycles. The molecule has 24 heavy (non-hydrogen) atoms. The van der Waals surface area contributed by atoms with E-state index in [1.54, 1.807) is 14.0 Å². The molecule has 4 nitrogen and oxygen atoms in total. The average Bonchev–Trinajstić information content (AvgIpc) is 2.91. The molecule has 1 unspecified atom stereocenters. The van der Waals surface area contributed by atoms with Crippen LogP contribution < -0.4 is 4.74 Å². The lowest BCUT2D eigenvalue weighted by molar-refractivity contribution is -0.147. The van der Waals surface area contributed by atoms with Crippen LogP contribution in [0.3, 0.4) is 0 Å². The van der Waals surface area contributed by atoms with Crippen LogP contribution in [0.1, 0.15) is 24.5 Å². The summed E-state index contributed by atoms with van der Waals surface area (Å²) in [4.78, 5) is 16.4. The summed E-state index contributed by atoms with van der Waals surface area (Å²) in [6.07, 6.45) is 4.37. The van der Waals surface area contributed by atoms with Crippen LogP contribution in [0.2, 0.25) is 0 Å². The molecule has 0 fully saturated rings. The van der Waals surface area contributed by atoms with E-state index in [0.29, 0.717) is 12.1 Å². The van der Waals surface area contributed by atoms with E-state index < -0.39 is 5.72 Å². The molecule has 0 radical (unpaired) electrons. The number of carbonyl (C=O) groups excluding carboxylic acids is 1. The van der Waals surface area contributed by atoms with E-state index in [1.807, 2.05) is 66.7 Å². The number of hydrogen-bond donors (Lipinski definition) is 0. The predicted octanol–water partition coefficient (Wildman–Crippen LogP) is 3.97. The summed E-state index contributed by atoms with van der Waals surface area (Å²) in [6.45, 7) is 1.68. The van der Waals surface area contributed by atoms with Crippen molar-refractivity contribution in [2.75, 3.05) is 7.11 Å². The molecule has 0 saturated heterocycles. The predicted molar refractivity (Wildman–Crippen MR) is 94.0 cm³/mol. The molecule has 0 saturated carbocycles. The molecule has 2 aromatic carbocycles. The van der Waals surface area contributed by atoms with Gasteiger partial charge in [-0.1, -0.05) is 60.7 Å².